The van der Waals surface area contributed by atoms with Crippen molar-refractivity contribution in [3.05, 3.63) is 71.7 Å². The topological polar surface area (TPSA) is 120 Å². The zero-order valence-electron chi connectivity index (χ0n) is 17.0. The molecule has 2 aromatic heterocycles. The summed E-state index contributed by atoms with van der Waals surface area (Å²) in [6.45, 7) is 0.785. The summed E-state index contributed by atoms with van der Waals surface area (Å²) in [5.41, 5.74) is 0.953. The van der Waals surface area contributed by atoms with E-state index in [1.807, 2.05) is 17.5 Å². The first-order valence-electron chi connectivity index (χ1n) is 9.82. The van der Waals surface area contributed by atoms with Crippen LogP contribution in [-0.4, -0.2) is 32.7 Å². The summed E-state index contributed by atoms with van der Waals surface area (Å²) in [7, 11) is -3.84. The van der Waals surface area contributed by atoms with E-state index >= 15 is 0 Å². The van der Waals surface area contributed by atoms with E-state index in [1.54, 1.807) is 36.4 Å². The van der Waals surface area contributed by atoms with Gasteiger partial charge in [0.15, 0.2) is 23.0 Å². The fourth-order valence-corrected chi connectivity index (χ4v) is 4.89. The molecule has 2 N–H and O–H groups in total. The molecule has 1 aliphatic rings. The van der Waals surface area contributed by atoms with Gasteiger partial charge in [-0.25, -0.2) is 8.42 Å². The summed E-state index contributed by atoms with van der Waals surface area (Å²) in [5, 5.41) is 8.42. The summed E-state index contributed by atoms with van der Waals surface area (Å²) < 4.78 is 44.1. The van der Waals surface area contributed by atoms with Crippen molar-refractivity contribution in [1.82, 2.24) is 5.16 Å². The number of hydrogen-bond donors (Lipinski definition) is 2. The number of aromatic nitrogens is 1. The Morgan fingerprint density at radius 2 is 1.70 bits per heavy atom. The molecule has 3 heterocycles. The van der Waals surface area contributed by atoms with Crippen LogP contribution in [0, 0.1) is 0 Å². The van der Waals surface area contributed by atoms with E-state index < -0.39 is 15.9 Å². The van der Waals surface area contributed by atoms with E-state index in [-0.39, 0.29) is 10.6 Å². The number of carbonyl (C=O) groups excluding carboxylic acids is 1. The Bertz CT molecular complexity index is 1400. The number of fused-ring (bicyclic) bond motifs is 1. The maximum atomic E-state index is 12.7. The van der Waals surface area contributed by atoms with Crippen molar-refractivity contribution in [3.63, 3.8) is 0 Å². The van der Waals surface area contributed by atoms with Crippen molar-refractivity contribution in [2.24, 2.45) is 0 Å². The highest BCUT2D eigenvalue weighted by Gasteiger charge is 2.20. The number of rotatable bonds is 6. The second kappa shape index (κ2) is 8.60. The molecule has 1 amide bonds. The molecule has 0 fully saturated rings. The van der Waals surface area contributed by atoms with Crippen LogP contribution in [0.15, 0.2) is 75.5 Å². The standard InChI is InChI=1S/C22H17N3O6S2/c26-22(17-13-20(31-24-17)21-2-1-11-32-21)23-14-3-5-15(6-4-14)25-33(27,28)16-7-8-18-19(12-16)30-10-9-29-18/h1-8,11-13,25H,9-10H2,(H,23,26). The molecule has 0 unspecified atom stereocenters. The van der Waals surface area contributed by atoms with Gasteiger partial charge in [-0.1, -0.05) is 11.2 Å². The molecule has 33 heavy (non-hydrogen) atoms. The quantitative estimate of drug-likeness (QED) is 0.421. The minimum absolute atomic E-state index is 0.0525. The van der Waals surface area contributed by atoms with Gasteiger partial charge in [0.25, 0.3) is 15.9 Å². The van der Waals surface area contributed by atoms with Crippen molar-refractivity contribution in [2.75, 3.05) is 23.3 Å². The van der Waals surface area contributed by atoms with Gasteiger partial charge in [-0.3, -0.25) is 9.52 Å². The van der Waals surface area contributed by atoms with Gasteiger partial charge in [0.1, 0.15) is 13.2 Å². The lowest BCUT2D eigenvalue weighted by Gasteiger charge is -2.19. The van der Waals surface area contributed by atoms with Gasteiger partial charge in [0, 0.05) is 23.5 Å². The smallest absolute Gasteiger partial charge is 0.277 e. The second-order valence-corrected chi connectivity index (χ2v) is 9.63. The molecule has 168 valence electrons. The van der Waals surface area contributed by atoms with Crippen LogP contribution in [0.25, 0.3) is 10.6 Å². The molecular weight excluding hydrogens is 466 g/mol. The summed E-state index contributed by atoms with van der Waals surface area (Å²) in [5.74, 6) is 0.970. The van der Waals surface area contributed by atoms with E-state index in [9.17, 15) is 13.2 Å². The van der Waals surface area contributed by atoms with E-state index in [4.69, 9.17) is 14.0 Å². The normalized spacial score (nSPS) is 12.8. The average Bonchev–Trinajstić information content (AvgIpc) is 3.52. The predicted molar refractivity (Wildman–Crippen MR) is 122 cm³/mol. The molecule has 1 aliphatic heterocycles. The molecule has 11 heteroatoms. The Hall–Kier alpha value is -3.83. The maximum Gasteiger partial charge on any atom is 0.277 e. The van der Waals surface area contributed by atoms with Gasteiger partial charge in [-0.2, -0.15) is 0 Å². The molecule has 9 nitrogen and oxygen atoms in total. The molecular formula is C22H17N3O6S2. The largest absolute Gasteiger partial charge is 0.486 e. The number of ether oxygens (including phenoxy) is 2. The van der Waals surface area contributed by atoms with E-state index in [1.165, 1.54) is 23.5 Å². The number of amides is 1. The van der Waals surface area contributed by atoms with Crippen LogP contribution in [-0.2, 0) is 10.0 Å². The van der Waals surface area contributed by atoms with Crippen molar-refractivity contribution in [3.8, 4) is 22.1 Å². The fourth-order valence-electron chi connectivity index (χ4n) is 3.14. The highest BCUT2D eigenvalue weighted by molar-refractivity contribution is 7.92. The minimum atomic E-state index is -3.84. The Morgan fingerprint density at radius 3 is 2.45 bits per heavy atom. The molecule has 0 aliphatic carbocycles. The minimum Gasteiger partial charge on any atom is -0.486 e. The molecule has 0 radical (unpaired) electrons. The van der Waals surface area contributed by atoms with E-state index in [0.717, 1.165) is 4.88 Å². The summed E-state index contributed by atoms with van der Waals surface area (Å²) in [6, 6.07) is 16.0. The third-order valence-electron chi connectivity index (χ3n) is 4.73. The fraction of sp³-hybridized carbons (Fsp3) is 0.0909. The number of carbonyl (C=O) groups is 1. The van der Waals surface area contributed by atoms with Crippen molar-refractivity contribution in [1.29, 1.82) is 0 Å². The van der Waals surface area contributed by atoms with Crippen LogP contribution in [0.5, 0.6) is 11.5 Å². The molecule has 0 saturated carbocycles. The lowest BCUT2D eigenvalue weighted by molar-refractivity contribution is 0.101. The van der Waals surface area contributed by atoms with E-state index in [2.05, 4.69) is 15.2 Å². The van der Waals surface area contributed by atoms with Gasteiger partial charge in [0.05, 0.1) is 9.77 Å². The molecule has 4 aromatic rings. The lowest BCUT2D eigenvalue weighted by Crippen LogP contribution is -2.17. The third kappa shape index (κ3) is 4.54. The molecule has 5 rings (SSSR count). The van der Waals surface area contributed by atoms with Crippen LogP contribution in [0.2, 0.25) is 0 Å². The Kier molecular flexibility index (Phi) is 5.48. The molecule has 0 saturated heterocycles. The molecule has 2 aromatic carbocycles. The molecule has 0 atom stereocenters. The van der Waals surface area contributed by atoms with E-state index in [0.29, 0.717) is 41.8 Å². The lowest BCUT2D eigenvalue weighted by atomic mass is 10.2. The van der Waals surface area contributed by atoms with Crippen LogP contribution in [0.3, 0.4) is 0 Å². The van der Waals surface area contributed by atoms with Crippen LogP contribution in [0.1, 0.15) is 10.5 Å². The molecule has 0 spiro atoms. The monoisotopic (exact) mass is 483 g/mol. The van der Waals surface area contributed by atoms with Crippen molar-refractivity contribution >= 4 is 38.6 Å². The third-order valence-corrected chi connectivity index (χ3v) is 6.99. The van der Waals surface area contributed by atoms with Crippen molar-refractivity contribution in [2.45, 2.75) is 4.90 Å². The first-order valence-corrected chi connectivity index (χ1v) is 12.2. The molecule has 0 bridgehead atoms. The van der Waals surface area contributed by atoms with Gasteiger partial charge in [0.2, 0.25) is 0 Å². The Labute approximate surface area is 193 Å². The number of anilines is 2. The van der Waals surface area contributed by atoms with Gasteiger partial charge >= 0.3 is 0 Å². The van der Waals surface area contributed by atoms with Gasteiger partial charge in [-0.05, 0) is 47.8 Å². The summed E-state index contributed by atoms with van der Waals surface area (Å²) >= 11 is 1.48. The van der Waals surface area contributed by atoms with Crippen LogP contribution in [0.4, 0.5) is 11.4 Å². The predicted octanol–water partition coefficient (Wildman–Crippen LogP) is 4.23. The SMILES string of the molecule is O=C(Nc1ccc(NS(=O)(=O)c2ccc3c(c2)OCCO3)cc1)c1cc(-c2cccs2)on1. The highest BCUT2D eigenvalue weighted by atomic mass is 32.2. The van der Waals surface area contributed by atoms with Gasteiger partial charge in [-0.15, -0.1) is 11.3 Å². The highest BCUT2D eigenvalue weighted by Crippen LogP contribution is 2.33. The number of sulfonamides is 1. The average molecular weight is 484 g/mol. The number of nitrogens with zero attached hydrogens (tertiary/aromatic N) is 1. The summed E-state index contributed by atoms with van der Waals surface area (Å²) in [4.78, 5) is 13.4. The van der Waals surface area contributed by atoms with Crippen LogP contribution >= 0.6 is 11.3 Å². The Balaban J connectivity index is 1.25. The Morgan fingerprint density at radius 1 is 0.939 bits per heavy atom. The van der Waals surface area contributed by atoms with Gasteiger partial charge < -0.3 is 19.3 Å². The first-order chi connectivity index (χ1) is 16.0. The number of thiophene rings is 1. The first kappa shape index (κ1) is 21.0. The van der Waals surface area contributed by atoms with Crippen LogP contribution < -0.4 is 19.5 Å². The zero-order chi connectivity index (χ0) is 22.8. The zero-order valence-corrected chi connectivity index (χ0v) is 18.6. The maximum absolute atomic E-state index is 12.7. The number of hydrogen-bond acceptors (Lipinski definition) is 8. The number of benzene rings is 2. The summed E-state index contributed by atoms with van der Waals surface area (Å²) in [6.07, 6.45) is 0. The second-order valence-electron chi connectivity index (χ2n) is 7.00. The number of nitrogens with one attached hydrogen (secondary N) is 2. The van der Waals surface area contributed by atoms with Crippen molar-refractivity contribution < 1.29 is 27.2 Å².